The zero-order chi connectivity index (χ0) is 15.3. The molecule has 1 unspecified atom stereocenters. The molecule has 1 aromatic carbocycles. The molecule has 1 aromatic heterocycles. The second-order valence-electron chi connectivity index (χ2n) is 5.48. The average Bonchev–Trinajstić information content (AvgIpc) is 2.94. The molecule has 5 nitrogen and oxygen atoms in total. The first-order valence-corrected chi connectivity index (χ1v) is 7.19. The van der Waals surface area contributed by atoms with Crippen LogP contribution < -0.4 is 11.1 Å². The molecule has 0 spiro atoms. The van der Waals surface area contributed by atoms with E-state index in [9.17, 15) is 4.79 Å². The summed E-state index contributed by atoms with van der Waals surface area (Å²) in [5.41, 5.74) is 7.12. The van der Waals surface area contributed by atoms with Gasteiger partial charge in [-0.15, -0.1) is 0 Å². The molecule has 21 heavy (non-hydrogen) atoms. The van der Waals surface area contributed by atoms with Crippen LogP contribution >= 0.6 is 0 Å². The van der Waals surface area contributed by atoms with Crippen molar-refractivity contribution >= 4 is 5.91 Å². The highest BCUT2D eigenvalue weighted by Gasteiger charge is 2.26. The molecule has 0 radical (unpaired) electrons. The van der Waals surface area contributed by atoms with E-state index in [4.69, 9.17) is 5.73 Å². The predicted octanol–water partition coefficient (Wildman–Crippen LogP) is 2.01. The summed E-state index contributed by atoms with van der Waals surface area (Å²) in [6, 6.07) is 9.84. The van der Waals surface area contributed by atoms with Crippen molar-refractivity contribution in [2.24, 2.45) is 5.73 Å². The number of nitrogens with two attached hydrogens (primary N) is 1. The molecule has 1 atom stereocenters. The molecule has 3 N–H and O–H groups in total. The van der Waals surface area contributed by atoms with Gasteiger partial charge in [0.1, 0.15) is 0 Å². The van der Waals surface area contributed by atoms with Gasteiger partial charge in [-0.2, -0.15) is 5.10 Å². The Labute approximate surface area is 125 Å². The molecule has 0 aliphatic rings. The second kappa shape index (κ2) is 6.54. The Balaban J connectivity index is 1.96. The van der Waals surface area contributed by atoms with Crippen LogP contribution in [0.15, 0.2) is 42.7 Å². The zero-order valence-electron chi connectivity index (χ0n) is 12.5. The Morgan fingerprint density at radius 1 is 1.38 bits per heavy atom. The maximum absolute atomic E-state index is 12.0. The van der Waals surface area contributed by atoms with E-state index in [-0.39, 0.29) is 5.91 Å². The highest BCUT2D eigenvalue weighted by Crippen LogP contribution is 2.10. The summed E-state index contributed by atoms with van der Waals surface area (Å²) < 4.78 is 1.79. The van der Waals surface area contributed by atoms with Gasteiger partial charge in [0.15, 0.2) is 0 Å². The molecule has 2 aromatic rings. The summed E-state index contributed by atoms with van der Waals surface area (Å²) in [5, 5.41) is 7.17. The molecule has 2 rings (SSSR count). The van der Waals surface area contributed by atoms with Gasteiger partial charge < -0.3 is 11.1 Å². The lowest BCUT2D eigenvalue weighted by molar-refractivity contribution is -0.126. The van der Waals surface area contributed by atoms with Crippen LogP contribution in [0, 0.1) is 0 Å². The first-order valence-electron chi connectivity index (χ1n) is 7.19. The fourth-order valence-corrected chi connectivity index (χ4v) is 2.19. The molecule has 5 heteroatoms. The van der Waals surface area contributed by atoms with Crippen LogP contribution in [0.1, 0.15) is 32.3 Å². The number of benzene rings is 1. The summed E-state index contributed by atoms with van der Waals surface area (Å²) in [7, 11) is 0. The molecule has 0 bridgehead atoms. The maximum atomic E-state index is 12.0. The lowest BCUT2D eigenvalue weighted by Crippen LogP contribution is -2.51. The van der Waals surface area contributed by atoms with Crippen LogP contribution in [0.2, 0.25) is 0 Å². The number of nitrogens with zero attached hydrogens (tertiary/aromatic N) is 2. The predicted molar refractivity (Wildman–Crippen MR) is 82.9 cm³/mol. The molecule has 0 aliphatic heterocycles. The minimum Gasteiger partial charge on any atom is -0.350 e. The lowest BCUT2D eigenvalue weighted by Gasteiger charge is -2.22. The Morgan fingerprint density at radius 2 is 2.10 bits per heavy atom. The van der Waals surface area contributed by atoms with Crippen molar-refractivity contribution in [3.8, 4) is 5.69 Å². The van der Waals surface area contributed by atoms with E-state index in [2.05, 4.69) is 10.4 Å². The van der Waals surface area contributed by atoms with Gasteiger partial charge >= 0.3 is 0 Å². The molecule has 0 aliphatic carbocycles. The standard InChI is InChI=1S/C16H22N4O/c1-3-9-16(2,17)15(21)18-10-13-11-19-20(12-13)14-7-5-4-6-8-14/h4-8,11-12H,3,9-10,17H2,1-2H3,(H,18,21). The first-order chi connectivity index (χ1) is 10.0. The number of rotatable bonds is 6. The Morgan fingerprint density at radius 3 is 2.76 bits per heavy atom. The Hall–Kier alpha value is -2.14. The van der Waals surface area contributed by atoms with Crippen LogP contribution in [-0.4, -0.2) is 21.2 Å². The number of nitrogens with one attached hydrogen (secondary N) is 1. The van der Waals surface area contributed by atoms with Gasteiger partial charge in [-0.25, -0.2) is 4.68 Å². The van der Waals surface area contributed by atoms with Gasteiger partial charge in [-0.1, -0.05) is 31.5 Å². The average molecular weight is 286 g/mol. The van der Waals surface area contributed by atoms with Crippen molar-refractivity contribution in [1.82, 2.24) is 15.1 Å². The van der Waals surface area contributed by atoms with Gasteiger partial charge in [-0.3, -0.25) is 4.79 Å². The van der Waals surface area contributed by atoms with Crippen LogP contribution in [0.4, 0.5) is 0 Å². The fourth-order valence-electron chi connectivity index (χ4n) is 2.19. The van der Waals surface area contributed by atoms with Gasteiger partial charge in [0.25, 0.3) is 0 Å². The van der Waals surface area contributed by atoms with Crippen LogP contribution in [0.25, 0.3) is 5.69 Å². The summed E-state index contributed by atoms with van der Waals surface area (Å²) in [5.74, 6) is -0.128. The summed E-state index contributed by atoms with van der Waals surface area (Å²) >= 11 is 0. The molecular weight excluding hydrogens is 264 g/mol. The van der Waals surface area contributed by atoms with Crippen molar-refractivity contribution in [2.75, 3.05) is 0 Å². The van der Waals surface area contributed by atoms with Gasteiger partial charge in [0.2, 0.25) is 5.91 Å². The first kappa shape index (κ1) is 15.3. The summed E-state index contributed by atoms with van der Waals surface area (Å²) in [4.78, 5) is 12.0. The van der Waals surface area contributed by atoms with Crippen molar-refractivity contribution in [3.63, 3.8) is 0 Å². The second-order valence-corrected chi connectivity index (χ2v) is 5.48. The third-order valence-corrected chi connectivity index (χ3v) is 3.40. The minimum atomic E-state index is -0.815. The number of carbonyl (C=O) groups excluding carboxylic acids is 1. The Kier molecular flexibility index (Phi) is 4.75. The minimum absolute atomic E-state index is 0.128. The lowest BCUT2D eigenvalue weighted by atomic mass is 9.96. The third kappa shape index (κ3) is 3.92. The van der Waals surface area contributed by atoms with Crippen LogP contribution in [0.3, 0.4) is 0 Å². The number of para-hydroxylation sites is 1. The zero-order valence-corrected chi connectivity index (χ0v) is 12.5. The quantitative estimate of drug-likeness (QED) is 0.853. The molecule has 112 valence electrons. The Bertz CT molecular complexity index is 589. The maximum Gasteiger partial charge on any atom is 0.240 e. The largest absolute Gasteiger partial charge is 0.350 e. The van der Waals surface area contributed by atoms with E-state index in [1.165, 1.54) is 0 Å². The third-order valence-electron chi connectivity index (χ3n) is 3.40. The van der Waals surface area contributed by atoms with E-state index in [0.717, 1.165) is 17.7 Å². The van der Waals surface area contributed by atoms with E-state index in [1.807, 2.05) is 43.5 Å². The van der Waals surface area contributed by atoms with Gasteiger partial charge in [-0.05, 0) is 25.5 Å². The van der Waals surface area contributed by atoms with Crippen molar-refractivity contribution in [2.45, 2.75) is 38.8 Å². The fraction of sp³-hybridized carbons (Fsp3) is 0.375. The van der Waals surface area contributed by atoms with Gasteiger partial charge in [0, 0.05) is 18.3 Å². The van der Waals surface area contributed by atoms with E-state index in [0.29, 0.717) is 13.0 Å². The van der Waals surface area contributed by atoms with Crippen LogP contribution in [-0.2, 0) is 11.3 Å². The highest BCUT2D eigenvalue weighted by atomic mass is 16.2. The number of amides is 1. The molecule has 1 amide bonds. The van der Waals surface area contributed by atoms with E-state index >= 15 is 0 Å². The van der Waals surface area contributed by atoms with Crippen molar-refractivity contribution in [1.29, 1.82) is 0 Å². The highest BCUT2D eigenvalue weighted by molar-refractivity contribution is 5.85. The number of aromatic nitrogens is 2. The molecule has 0 saturated carbocycles. The van der Waals surface area contributed by atoms with Crippen molar-refractivity contribution < 1.29 is 4.79 Å². The van der Waals surface area contributed by atoms with Crippen LogP contribution in [0.5, 0.6) is 0 Å². The smallest absolute Gasteiger partial charge is 0.240 e. The van der Waals surface area contributed by atoms with Crippen molar-refractivity contribution in [3.05, 3.63) is 48.3 Å². The molecular formula is C16H22N4O. The molecule has 0 saturated heterocycles. The SMILES string of the molecule is CCCC(C)(N)C(=O)NCc1cnn(-c2ccccc2)c1. The monoisotopic (exact) mass is 286 g/mol. The number of hydrogen-bond acceptors (Lipinski definition) is 3. The van der Waals surface area contributed by atoms with Gasteiger partial charge in [0.05, 0.1) is 17.4 Å². The topological polar surface area (TPSA) is 72.9 Å². The van der Waals surface area contributed by atoms with E-state index < -0.39 is 5.54 Å². The molecule has 1 heterocycles. The summed E-state index contributed by atoms with van der Waals surface area (Å²) in [6.07, 6.45) is 5.21. The number of carbonyl (C=O) groups is 1. The molecule has 0 fully saturated rings. The number of hydrogen-bond donors (Lipinski definition) is 2. The normalized spacial score (nSPS) is 13.7. The summed E-state index contributed by atoms with van der Waals surface area (Å²) in [6.45, 7) is 4.21. The van der Waals surface area contributed by atoms with E-state index in [1.54, 1.807) is 17.8 Å².